The molecule has 25 heavy (non-hydrogen) atoms. The molecule has 1 fully saturated rings. The number of nitrogens with one attached hydrogen (secondary N) is 2. The molecular formula is C17H21N5O3. The maximum Gasteiger partial charge on any atom is 0.360 e. The number of rotatable bonds is 6. The number of carbonyl (C=O) groups is 2. The summed E-state index contributed by atoms with van der Waals surface area (Å²) in [4.78, 5) is 23.7. The minimum Gasteiger partial charge on any atom is -0.464 e. The second kappa shape index (κ2) is 7.89. The van der Waals surface area contributed by atoms with Gasteiger partial charge in [0, 0.05) is 13.1 Å². The molecule has 8 nitrogen and oxygen atoms in total. The summed E-state index contributed by atoms with van der Waals surface area (Å²) in [5.74, 6) is -0.542. The van der Waals surface area contributed by atoms with Crippen LogP contribution in [0, 0.1) is 0 Å². The Labute approximate surface area is 145 Å². The number of nitrogens with zero attached hydrogens (tertiary/aromatic N) is 3. The smallest absolute Gasteiger partial charge is 0.360 e. The first-order valence-corrected chi connectivity index (χ1v) is 8.22. The number of esters is 1. The van der Waals surface area contributed by atoms with Crippen molar-refractivity contribution in [2.45, 2.75) is 24.9 Å². The predicted octanol–water partition coefficient (Wildman–Crippen LogP) is 0.327. The highest BCUT2D eigenvalue weighted by molar-refractivity contribution is 5.86. The third kappa shape index (κ3) is 4.21. The molecule has 0 radical (unpaired) electrons. The van der Waals surface area contributed by atoms with Crippen molar-refractivity contribution < 1.29 is 14.3 Å². The lowest BCUT2D eigenvalue weighted by Crippen LogP contribution is -2.41. The van der Waals surface area contributed by atoms with Gasteiger partial charge in [0.05, 0.1) is 25.4 Å². The van der Waals surface area contributed by atoms with Gasteiger partial charge in [-0.3, -0.25) is 4.79 Å². The molecule has 132 valence electrons. The van der Waals surface area contributed by atoms with E-state index in [1.807, 2.05) is 30.3 Å². The first kappa shape index (κ1) is 17.1. The van der Waals surface area contributed by atoms with Crippen LogP contribution >= 0.6 is 0 Å². The largest absolute Gasteiger partial charge is 0.464 e. The highest BCUT2D eigenvalue weighted by Gasteiger charge is 2.31. The van der Waals surface area contributed by atoms with Crippen molar-refractivity contribution >= 4 is 11.9 Å². The SMILES string of the molecule is COC(=O)c1cn([C@H]2CN[C@H](C(=O)NCCc3ccccc3)C2)nn1. The molecule has 2 N–H and O–H groups in total. The van der Waals surface area contributed by atoms with Crippen LogP contribution in [0.3, 0.4) is 0 Å². The average Bonchev–Trinajstić information content (AvgIpc) is 3.31. The lowest BCUT2D eigenvalue weighted by molar-refractivity contribution is -0.122. The molecule has 0 spiro atoms. The Morgan fingerprint density at radius 2 is 2.16 bits per heavy atom. The Hall–Kier alpha value is -2.74. The van der Waals surface area contributed by atoms with Gasteiger partial charge >= 0.3 is 5.97 Å². The van der Waals surface area contributed by atoms with E-state index < -0.39 is 5.97 Å². The maximum atomic E-state index is 12.3. The minimum absolute atomic E-state index is 0.0178. The quantitative estimate of drug-likeness (QED) is 0.734. The molecule has 1 aliphatic heterocycles. The third-order valence-electron chi connectivity index (χ3n) is 4.26. The highest BCUT2D eigenvalue weighted by atomic mass is 16.5. The topological polar surface area (TPSA) is 98.1 Å². The number of hydrogen-bond acceptors (Lipinski definition) is 6. The zero-order valence-corrected chi connectivity index (χ0v) is 14.0. The summed E-state index contributed by atoms with van der Waals surface area (Å²) in [7, 11) is 1.30. The van der Waals surface area contributed by atoms with Crippen LogP contribution in [0.15, 0.2) is 36.5 Å². The molecule has 1 aromatic carbocycles. The molecule has 8 heteroatoms. The number of aromatic nitrogens is 3. The predicted molar refractivity (Wildman–Crippen MR) is 90.0 cm³/mol. The summed E-state index contributed by atoms with van der Waals surface area (Å²) < 4.78 is 6.23. The van der Waals surface area contributed by atoms with Gasteiger partial charge in [0.15, 0.2) is 5.69 Å². The Morgan fingerprint density at radius 1 is 1.36 bits per heavy atom. The Balaban J connectivity index is 1.48. The molecule has 1 aromatic heterocycles. The Kier molecular flexibility index (Phi) is 5.39. The third-order valence-corrected chi connectivity index (χ3v) is 4.26. The number of benzene rings is 1. The number of amides is 1. The van der Waals surface area contributed by atoms with Gasteiger partial charge in [-0.1, -0.05) is 35.5 Å². The normalized spacial score (nSPS) is 19.6. The van der Waals surface area contributed by atoms with E-state index in [9.17, 15) is 9.59 Å². The van der Waals surface area contributed by atoms with E-state index in [1.54, 1.807) is 10.9 Å². The lowest BCUT2D eigenvalue weighted by Gasteiger charge is -2.11. The van der Waals surface area contributed by atoms with Crippen LogP contribution in [0.1, 0.15) is 28.5 Å². The molecule has 0 aliphatic carbocycles. The monoisotopic (exact) mass is 343 g/mol. The van der Waals surface area contributed by atoms with Crippen molar-refractivity contribution in [3.8, 4) is 0 Å². The average molecular weight is 343 g/mol. The van der Waals surface area contributed by atoms with Gasteiger partial charge < -0.3 is 15.4 Å². The zero-order valence-electron chi connectivity index (χ0n) is 14.0. The highest BCUT2D eigenvalue weighted by Crippen LogP contribution is 2.19. The molecular weight excluding hydrogens is 322 g/mol. The number of hydrogen-bond donors (Lipinski definition) is 2. The van der Waals surface area contributed by atoms with E-state index in [2.05, 4.69) is 25.7 Å². The summed E-state index contributed by atoms with van der Waals surface area (Å²) in [6.07, 6.45) is 2.95. The van der Waals surface area contributed by atoms with Crippen molar-refractivity contribution in [2.75, 3.05) is 20.2 Å². The first-order valence-electron chi connectivity index (χ1n) is 8.22. The summed E-state index contributed by atoms with van der Waals surface area (Å²) in [6.45, 7) is 1.20. The van der Waals surface area contributed by atoms with E-state index in [1.165, 1.54) is 12.7 Å². The number of carbonyl (C=O) groups excluding carboxylic acids is 2. The Morgan fingerprint density at radius 3 is 2.92 bits per heavy atom. The standard InChI is InChI=1S/C17H21N5O3/c1-25-17(24)15-11-22(21-20-15)13-9-14(19-10-13)16(23)18-8-7-12-5-3-2-4-6-12/h2-6,11,13-14,19H,7-10H2,1H3,(H,18,23)/t13-,14+/m1/s1. The second-order valence-electron chi connectivity index (χ2n) is 5.95. The molecule has 2 atom stereocenters. The number of ether oxygens (including phenoxy) is 1. The van der Waals surface area contributed by atoms with Gasteiger partial charge in [-0.2, -0.15) is 0 Å². The molecule has 3 rings (SSSR count). The van der Waals surface area contributed by atoms with E-state index >= 15 is 0 Å². The van der Waals surface area contributed by atoms with Crippen molar-refractivity contribution in [2.24, 2.45) is 0 Å². The van der Waals surface area contributed by atoms with E-state index in [0.29, 0.717) is 19.5 Å². The van der Waals surface area contributed by atoms with Crippen LogP contribution in [0.2, 0.25) is 0 Å². The van der Waals surface area contributed by atoms with Crippen LogP contribution < -0.4 is 10.6 Å². The minimum atomic E-state index is -0.521. The van der Waals surface area contributed by atoms with Crippen molar-refractivity contribution in [3.63, 3.8) is 0 Å². The van der Waals surface area contributed by atoms with Crippen LogP contribution in [-0.4, -0.2) is 53.1 Å². The molecule has 0 bridgehead atoms. The van der Waals surface area contributed by atoms with Crippen LogP contribution in [0.25, 0.3) is 0 Å². The number of methoxy groups -OCH3 is 1. The zero-order chi connectivity index (χ0) is 17.6. The maximum absolute atomic E-state index is 12.3. The summed E-state index contributed by atoms with van der Waals surface area (Å²) >= 11 is 0. The molecule has 0 unspecified atom stereocenters. The summed E-state index contributed by atoms with van der Waals surface area (Å²) in [5, 5.41) is 13.9. The van der Waals surface area contributed by atoms with Crippen molar-refractivity contribution in [3.05, 3.63) is 47.8 Å². The van der Waals surface area contributed by atoms with E-state index in [0.717, 1.165) is 6.42 Å². The van der Waals surface area contributed by atoms with Crippen molar-refractivity contribution in [1.82, 2.24) is 25.6 Å². The summed E-state index contributed by atoms with van der Waals surface area (Å²) in [6, 6.07) is 9.74. The summed E-state index contributed by atoms with van der Waals surface area (Å²) in [5.41, 5.74) is 1.36. The van der Waals surface area contributed by atoms with Crippen molar-refractivity contribution in [1.29, 1.82) is 0 Å². The van der Waals surface area contributed by atoms with E-state index in [-0.39, 0.29) is 23.7 Å². The fraction of sp³-hybridized carbons (Fsp3) is 0.412. The van der Waals surface area contributed by atoms with Crippen LogP contribution in [0.4, 0.5) is 0 Å². The Bertz CT molecular complexity index is 731. The molecule has 1 amide bonds. The van der Waals surface area contributed by atoms with Crippen LogP contribution in [0.5, 0.6) is 0 Å². The molecule has 1 saturated heterocycles. The first-order chi connectivity index (χ1) is 12.2. The fourth-order valence-corrected chi connectivity index (χ4v) is 2.87. The van der Waals surface area contributed by atoms with Crippen LogP contribution in [-0.2, 0) is 16.0 Å². The van der Waals surface area contributed by atoms with Gasteiger partial charge in [0.1, 0.15) is 0 Å². The fourth-order valence-electron chi connectivity index (χ4n) is 2.87. The van der Waals surface area contributed by atoms with Gasteiger partial charge in [-0.15, -0.1) is 5.10 Å². The molecule has 2 aromatic rings. The molecule has 0 saturated carbocycles. The van der Waals surface area contributed by atoms with Gasteiger partial charge in [0.25, 0.3) is 0 Å². The van der Waals surface area contributed by atoms with Gasteiger partial charge in [0.2, 0.25) is 5.91 Å². The molecule has 1 aliphatic rings. The van der Waals surface area contributed by atoms with Gasteiger partial charge in [-0.05, 0) is 18.4 Å². The second-order valence-corrected chi connectivity index (χ2v) is 5.95. The van der Waals surface area contributed by atoms with Gasteiger partial charge in [-0.25, -0.2) is 9.48 Å². The molecule has 2 heterocycles. The lowest BCUT2D eigenvalue weighted by atomic mass is 10.1. The van der Waals surface area contributed by atoms with E-state index in [4.69, 9.17) is 0 Å².